The molecule has 0 unspecified atom stereocenters. The predicted octanol–water partition coefficient (Wildman–Crippen LogP) is 2.58. The second-order valence-electron chi connectivity index (χ2n) is 5.25. The molecule has 1 aromatic rings. The van der Waals surface area contributed by atoms with E-state index in [1.165, 1.54) is 19.2 Å². The van der Waals surface area contributed by atoms with Gasteiger partial charge in [0.25, 0.3) is 0 Å². The zero-order valence-electron chi connectivity index (χ0n) is 11.9. The molecule has 0 bridgehead atoms. The van der Waals surface area contributed by atoms with Crippen molar-refractivity contribution in [2.24, 2.45) is 11.7 Å². The third kappa shape index (κ3) is 3.84. The van der Waals surface area contributed by atoms with Crippen LogP contribution in [0.2, 0.25) is 0 Å². The van der Waals surface area contributed by atoms with Crippen LogP contribution < -0.4 is 10.5 Å². The molecular formula is C14H21ClN2O4. The van der Waals surface area contributed by atoms with Crippen LogP contribution in [0.1, 0.15) is 37.3 Å². The van der Waals surface area contributed by atoms with E-state index in [9.17, 15) is 15.2 Å². The number of hydrogen-bond donors (Lipinski definition) is 2. The lowest BCUT2D eigenvalue weighted by molar-refractivity contribution is -0.385. The van der Waals surface area contributed by atoms with Crippen LogP contribution in [0.5, 0.6) is 5.75 Å². The number of nitro benzene ring substituents is 1. The van der Waals surface area contributed by atoms with Gasteiger partial charge in [0.15, 0.2) is 5.75 Å². The first-order valence-corrected chi connectivity index (χ1v) is 6.80. The van der Waals surface area contributed by atoms with Crippen LogP contribution in [0.4, 0.5) is 5.69 Å². The van der Waals surface area contributed by atoms with Crippen molar-refractivity contribution in [3.8, 4) is 5.75 Å². The largest absolute Gasteiger partial charge is 0.490 e. The molecule has 21 heavy (non-hydrogen) atoms. The van der Waals surface area contributed by atoms with Crippen molar-refractivity contribution >= 4 is 18.1 Å². The number of nitrogens with zero attached hydrogens (tertiary/aromatic N) is 1. The van der Waals surface area contributed by atoms with Crippen LogP contribution in [-0.4, -0.2) is 23.2 Å². The summed E-state index contributed by atoms with van der Waals surface area (Å²) in [6.07, 6.45) is 3.49. The van der Waals surface area contributed by atoms with Gasteiger partial charge in [0.1, 0.15) is 0 Å². The third-order valence-electron chi connectivity index (χ3n) is 4.04. The fourth-order valence-corrected chi connectivity index (χ4v) is 2.85. The predicted molar refractivity (Wildman–Crippen MR) is 81.8 cm³/mol. The minimum Gasteiger partial charge on any atom is -0.490 e. The van der Waals surface area contributed by atoms with Gasteiger partial charge in [0, 0.05) is 6.07 Å². The van der Waals surface area contributed by atoms with Gasteiger partial charge in [-0.25, -0.2) is 0 Å². The summed E-state index contributed by atoms with van der Waals surface area (Å²) in [5, 5.41) is 21.3. The SMILES string of the molecule is COc1ccc([C@@H](N)[C@@H](O)C2CCCC2)cc1[N+](=O)[O-].Cl. The highest BCUT2D eigenvalue weighted by Crippen LogP contribution is 2.35. The highest BCUT2D eigenvalue weighted by Gasteiger charge is 2.30. The molecule has 6 nitrogen and oxygen atoms in total. The molecule has 0 aliphatic heterocycles. The minimum atomic E-state index is -0.662. The summed E-state index contributed by atoms with van der Waals surface area (Å²) < 4.78 is 4.96. The van der Waals surface area contributed by atoms with E-state index in [4.69, 9.17) is 10.5 Å². The van der Waals surface area contributed by atoms with Crippen molar-refractivity contribution in [1.29, 1.82) is 0 Å². The van der Waals surface area contributed by atoms with E-state index in [-0.39, 0.29) is 29.8 Å². The van der Waals surface area contributed by atoms with Crippen molar-refractivity contribution in [3.05, 3.63) is 33.9 Å². The maximum atomic E-state index is 11.0. The second-order valence-corrected chi connectivity index (χ2v) is 5.25. The number of nitrogens with two attached hydrogens (primary N) is 1. The number of rotatable bonds is 5. The smallest absolute Gasteiger partial charge is 0.311 e. The van der Waals surface area contributed by atoms with E-state index in [1.54, 1.807) is 6.07 Å². The number of hydrogen-bond acceptors (Lipinski definition) is 5. The minimum absolute atomic E-state index is 0. The van der Waals surface area contributed by atoms with Gasteiger partial charge in [0.05, 0.1) is 24.2 Å². The Hall–Kier alpha value is -1.37. The molecule has 2 rings (SSSR count). The average Bonchev–Trinajstić information content (AvgIpc) is 2.99. The van der Waals surface area contributed by atoms with Crippen molar-refractivity contribution in [3.63, 3.8) is 0 Å². The van der Waals surface area contributed by atoms with Crippen molar-refractivity contribution in [2.75, 3.05) is 7.11 Å². The Morgan fingerprint density at radius 2 is 2.05 bits per heavy atom. The molecule has 0 amide bonds. The molecule has 2 atom stereocenters. The Bertz CT molecular complexity index is 492. The number of halogens is 1. The first-order chi connectivity index (χ1) is 9.54. The number of nitro groups is 1. The van der Waals surface area contributed by atoms with Crippen LogP contribution in [0.25, 0.3) is 0 Å². The molecule has 0 saturated heterocycles. The monoisotopic (exact) mass is 316 g/mol. The molecule has 1 aliphatic carbocycles. The van der Waals surface area contributed by atoms with E-state index < -0.39 is 17.1 Å². The van der Waals surface area contributed by atoms with E-state index in [0.29, 0.717) is 5.56 Å². The summed E-state index contributed by atoms with van der Waals surface area (Å²) in [5.41, 5.74) is 6.51. The van der Waals surface area contributed by atoms with Crippen LogP contribution in [0.15, 0.2) is 18.2 Å². The molecule has 1 aliphatic rings. The van der Waals surface area contributed by atoms with Crippen LogP contribution >= 0.6 is 12.4 Å². The van der Waals surface area contributed by atoms with Crippen LogP contribution in [0.3, 0.4) is 0 Å². The quantitative estimate of drug-likeness (QED) is 0.642. The fourth-order valence-electron chi connectivity index (χ4n) is 2.85. The van der Waals surface area contributed by atoms with Crippen molar-refractivity contribution in [2.45, 2.75) is 37.8 Å². The standard InChI is InChI=1S/C14H20N2O4.ClH/c1-20-12-7-6-10(8-11(12)16(18)19)13(15)14(17)9-4-2-3-5-9;/h6-9,13-14,17H,2-5,15H2,1H3;1H/t13-,14+;/m1./s1. The molecular weight excluding hydrogens is 296 g/mol. The lowest BCUT2D eigenvalue weighted by Gasteiger charge is -2.24. The van der Waals surface area contributed by atoms with E-state index in [2.05, 4.69) is 0 Å². The van der Waals surface area contributed by atoms with Gasteiger partial charge in [0.2, 0.25) is 0 Å². The third-order valence-corrected chi connectivity index (χ3v) is 4.04. The molecule has 0 aromatic heterocycles. The Kier molecular flexibility index (Phi) is 6.39. The van der Waals surface area contributed by atoms with Gasteiger partial charge < -0.3 is 15.6 Å². The maximum absolute atomic E-state index is 11.0. The van der Waals surface area contributed by atoms with Crippen molar-refractivity contribution < 1.29 is 14.8 Å². The second kappa shape index (κ2) is 7.59. The highest BCUT2D eigenvalue weighted by atomic mass is 35.5. The lowest BCUT2D eigenvalue weighted by atomic mass is 9.90. The number of aliphatic hydroxyl groups is 1. The van der Waals surface area contributed by atoms with Gasteiger partial charge in [-0.15, -0.1) is 12.4 Å². The van der Waals surface area contributed by atoms with Gasteiger partial charge in [-0.05, 0) is 30.4 Å². The first kappa shape index (κ1) is 17.7. The summed E-state index contributed by atoms with van der Waals surface area (Å²) in [7, 11) is 1.38. The van der Waals surface area contributed by atoms with Gasteiger partial charge in [-0.1, -0.05) is 18.9 Å². The Morgan fingerprint density at radius 1 is 1.43 bits per heavy atom. The summed E-state index contributed by atoms with van der Waals surface area (Å²) >= 11 is 0. The molecule has 7 heteroatoms. The van der Waals surface area contributed by atoms with E-state index >= 15 is 0 Å². The molecule has 0 heterocycles. The molecule has 118 valence electrons. The summed E-state index contributed by atoms with van der Waals surface area (Å²) in [6, 6.07) is 3.98. The van der Waals surface area contributed by atoms with Gasteiger partial charge in [-0.2, -0.15) is 0 Å². The maximum Gasteiger partial charge on any atom is 0.311 e. The number of methoxy groups -OCH3 is 1. The fraction of sp³-hybridized carbons (Fsp3) is 0.571. The summed E-state index contributed by atoms with van der Waals surface area (Å²) in [4.78, 5) is 10.5. The van der Waals surface area contributed by atoms with Gasteiger partial charge >= 0.3 is 5.69 Å². The molecule has 1 aromatic carbocycles. The number of benzene rings is 1. The molecule has 3 N–H and O–H groups in total. The Morgan fingerprint density at radius 3 is 2.57 bits per heavy atom. The molecule has 1 fully saturated rings. The van der Waals surface area contributed by atoms with Crippen molar-refractivity contribution in [1.82, 2.24) is 0 Å². The molecule has 1 saturated carbocycles. The van der Waals surface area contributed by atoms with Gasteiger partial charge in [-0.3, -0.25) is 10.1 Å². The lowest BCUT2D eigenvalue weighted by Crippen LogP contribution is -2.31. The molecule has 0 spiro atoms. The highest BCUT2D eigenvalue weighted by molar-refractivity contribution is 5.85. The number of aliphatic hydroxyl groups excluding tert-OH is 1. The molecule has 0 radical (unpaired) electrons. The topological polar surface area (TPSA) is 98.6 Å². The Balaban J connectivity index is 0.00000220. The van der Waals surface area contributed by atoms with Crippen LogP contribution in [-0.2, 0) is 0 Å². The zero-order chi connectivity index (χ0) is 14.7. The number of ether oxygens (including phenoxy) is 1. The summed E-state index contributed by atoms with van der Waals surface area (Å²) in [5.74, 6) is 0.382. The first-order valence-electron chi connectivity index (χ1n) is 6.80. The van der Waals surface area contributed by atoms with Crippen LogP contribution in [0, 0.1) is 16.0 Å². The Labute approximate surface area is 129 Å². The normalized spacial score (nSPS) is 17.9. The zero-order valence-corrected chi connectivity index (χ0v) is 12.7. The average molecular weight is 317 g/mol. The van der Waals surface area contributed by atoms with E-state index in [1.807, 2.05) is 0 Å². The summed E-state index contributed by atoms with van der Waals surface area (Å²) in [6.45, 7) is 0. The van der Waals surface area contributed by atoms with E-state index in [0.717, 1.165) is 25.7 Å².